The predicted octanol–water partition coefficient (Wildman–Crippen LogP) is 2.62. The number of anilines is 1. The fourth-order valence-electron chi connectivity index (χ4n) is 2.63. The minimum absolute atomic E-state index is 0.180. The third-order valence-corrected chi connectivity index (χ3v) is 4.65. The Labute approximate surface area is 135 Å². The first-order chi connectivity index (χ1) is 10.1. The fourth-order valence-corrected chi connectivity index (χ4v) is 3.13. The first kappa shape index (κ1) is 16.3. The molecule has 116 valence electrons. The van der Waals surface area contributed by atoms with Gasteiger partial charge in [0.1, 0.15) is 0 Å². The molecule has 2 rings (SSSR count). The summed E-state index contributed by atoms with van der Waals surface area (Å²) in [7, 11) is 0. The van der Waals surface area contributed by atoms with E-state index < -0.39 is 0 Å². The van der Waals surface area contributed by atoms with E-state index in [1.165, 1.54) is 11.3 Å². The molecular weight excluding hydrogens is 330 g/mol. The summed E-state index contributed by atoms with van der Waals surface area (Å²) < 4.78 is 1.15. The van der Waals surface area contributed by atoms with E-state index in [0.29, 0.717) is 0 Å². The summed E-state index contributed by atoms with van der Waals surface area (Å²) in [6.07, 6.45) is 1.02. The second kappa shape index (κ2) is 7.80. The van der Waals surface area contributed by atoms with Crippen LogP contribution in [0.5, 0.6) is 0 Å². The molecule has 0 aromatic heterocycles. The number of nitrogens with zero attached hydrogens (tertiary/aromatic N) is 2. The average Bonchev–Trinajstić information content (AvgIpc) is 2.72. The Morgan fingerprint density at radius 3 is 2.76 bits per heavy atom. The summed E-state index contributed by atoms with van der Waals surface area (Å²) in [5.41, 5.74) is 2.51. The molecule has 0 spiro atoms. The van der Waals surface area contributed by atoms with Gasteiger partial charge < -0.3 is 15.1 Å². The maximum atomic E-state index is 11.5. The lowest BCUT2D eigenvalue weighted by Gasteiger charge is -2.24. The van der Waals surface area contributed by atoms with Crippen LogP contribution in [0.1, 0.15) is 25.8 Å². The van der Waals surface area contributed by atoms with E-state index in [1.54, 1.807) is 6.92 Å². The molecule has 1 aliphatic rings. The Morgan fingerprint density at radius 1 is 1.29 bits per heavy atom. The summed E-state index contributed by atoms with van der Waals surface area (Å²) in [5, 5.41) is 3.34. The van der Waals surface area contributed by atoms with Gasteiger partial charge in [0.15, 0.2) is 0 Å². The standard InChI is InChI=1S/C16H24BrN3O/c1-3-18-12-14-5-6-15(11-16(14)17)20-8-4-7-19(9-10-20)13(2)21/h5-6,11,18H,3-4,7-10,12H2,1-2H3. The molecule has 0 bridgehead atoms. The van der Waals surface area contributed by atoms with Crippen LogP contribution in [-0.2, 0) is 11.3 Å². The maximum absolute atomic E-state index is 11.5. The average molecular weight is 354 g/mol. The Balaban J connectivity index is 2.04. The molecule has 1 aliphatic heterocycles. The number of carbonyl (C=O) groups excluding carboxylic acids is 1. The highest BCUT2D eigenvalue weighted by molar-refractivity contribution is 9.10. The molecule has 0 atom stereocenters. The molecular formula is C16H24BrN3O. The van der Waals surface area contributed by atoms with Crippen LogP contribution < -0.4 is 10.2 Å². The molecule has 21 heavy (non-hydrogen) atoms. The molecule has 1 aromatic rings. The number of nitrogens with one attached hydrogen (secondary N) is 1. The van der Waals surface area contributed by atoms with Gasteiger partial charge in [0.25, 0.3) is 0 Å². The molecule has 0 radical (unpaired) electrons. The van der Waals surface area contributed by atoms with Crippen LogP contribution in [0, 0.1) is 0 Å². The number of rotatable bonds is 4. The van der Waals surface area contributed by atoms with E-state index in [1.807, 2.05) is 4.90 Å². The quantitative estimate of drug-likeness (QED) is 0.903. The predicted molar refractivity (Wildman–Crippen MR) is 90.6 cm³/mol. The highest BCUT2D eigenvalue weighted by Crippen LogP contribution is 2.25. The van der Waals surface area contributed by atoms with E-state index in [2.05, 4.69) is 51.3 Å². The summed E-state index contributed by atoms with van der Waals surface area (Å²) in [6, 6.07) is 6.55. The number of halogens is 1. The molecule has 0 saturated carbocycles. The summed E-state index contributed by atoms with van der Waals surface area (Å²) >= 11 is 3.67. The summed E-state index contributed by atoms with van der Waals surface area (Å²) in [5.74, 6) is 0.180. The first-order valence-corrected chi connectivity index (χ1v) is 8.40. The number of amides is 1. The van der Waals surface area contributed by atoms with Crippen molar-refractivity contribution in [2.75, 3.05) is 37.6 Å². The number of hydrogen-bond acceptors (Lipinski definition) is 3. The molecule has 0 unspecified atom stereocenters. The van der Waals surface area contributed by atoms with Crippen molar-refractivity contribution in [1.29, 1.82) is 0 Å². The van der Waals surface area contributed by atoms with Crippen LogP contribution in [-0.4, -0.2) is 43.5 Å². The van der Waals surface area contributed by atoms with Gasteiger partial charge >= 0.3 is 0 Å². The van der Waals surface area contributed by atoms with E-state index in [4.69, 9.17) is 0 Å². The third-order valence-electron chi connectivity index (χ3n) is 3.91. The number of benzene rings is 1. The third kappa shape index (κ3) is 4.45. The summed E-state index contributed by atoms with van der Waals surface area (Å²) in [6.45, 7) is 9.21. The van der Waals surface area contributed by atoms with Crippen molar-refractivity contribution in [1.82, 2.24) is 10.2 Å². The van der Waals surface area contributed by atoms with E-state index in [9.17, 15) is 4.79 Å². The lowest BCUT2D eigenvalue weighted by molar-refractivity contribution is -0.128. The van der Waals surface area contributed by atoms with Crippen LogP contribution in [0.2, 0.25) is 0 Å². The lowest BCUT2D eigenvalue weighted by atomic mass is 10.2. The Morgan fingerprint density at radius 2 is 2.10 bits per heavy atom. The van der Waals surface area contributed by atoms with E-state index in [0.717, 1.165) is 50.2 Å². The van der Waals surface area contributed by atoms with Crippen LogP contribution in [0.15, 0.2) is 22.7 Å². The van der Waals surface area contributed by atoms with Crippen LogP contribution >= 0.6 is 15.9 Å². The van der Waals surface area contributed by atoms with Gasteiger partial charge in [-0.05, 0) is 30.7 Å². The lowest BCUT2D eigenvalue weighted by Crippen LogP contribution is -2.33. The van der Waals surface area contributed by atoms with Gasteiger partial charge in [-0.2, -0.15) is 0 Å². The van der Waals surface area contributed by atoms with Crippen molar-refractivity contribution in [3.8, 4) is 0 Å². The molecule has 1 N–H and O–H groups in total. The van der Waals surface area contributed by atoms with Crippen molar-refractivity contribution >= 4 is 27.5 Å². The second-order valence-electron chi connectivity index (χ2n) is 5.40. The normalized spacial score (nSPS) is 16.0. The van der Waals surface area contributed by atoms with Gasteiger partial charge in [-0.1, -0.05) is 28.9 Å². The molecule has 1 heterocycles. The summed E-state index contributed by atoms with van der Waals surface area (Å²) in [4.78, 5) is 15.8. The van der Waals surface area contributed by atoms with Crippen molar-refractivity contribution in [3.05, 3.63) is 28.2 Å². The fraction of sp³-hybridized carbons (Fsp3) is 0.562. The molecule has 5 heteroatoms. The smallest absolute Gasteiger partial charge is 0.219 e. The van der Waals surface area contributed by atoms with Gasteiger partial charge in [0.05, 0.1) is 0 Å². The van der Waals surface area contributed by atoms with Gasteiger partial charge in [-0.3, -0.25) is 4.79 Å². The van der Waals surface area contributed by atoms with Gasteiger partial charge in [-0.15, -0.1) is 0 Å². The molecule has 4 nitrogen and oxygen atoms in total. The van der Waals surface area contributed by atoms with Crippen molar-refractivity contribution in [3.63, 3.8) is 0 Å². The number of hydrogen-bond donors (Lipinski definition) is 1. The van der Waals surface area contributed by atoms with Gasteiger partial charge in [-0.25, -0.2) is 0 Å². The van der Waals surface area contributed by atoms with Crippen LogP contribution in [0.25, 0.3) is 0 Å². The highest BCUT2D eigenvalue weighted by Gasteiger charge is 2.17. The largest absolute Gasteiger partial charge is 0.370 e. The second-order valence-corrected chi connectivity index (χ2v) is 6.26. The van der Waals surface area contributed by atoms with E-state index in [-0.39, 0.29) is 5.91 Å². The van der Waals surface area contributed by atoms with Crippen LogP contribution in [0.3, 0.4) is 0 Å². The first-order valence-electron chi connectivity index (χ1n) is 7.61. The van der Waals surface area contributed by atoms with Crippen molar-refractivity contribution in [2.45, 2.75) is 26.8 Å². The number of carbonyl (C=O) groups is 1. The molecule has 0 aliphatic carbocycles. The SMILES string of the molecule is CCNCc1ccc(N2CCCN(C(C)=O)CC2)cc1Br. The topological polar surface area (TPSA) is 35.6 Å². The minimum Gasteiger partial charge on any atom is -0.370 e. The zero-order valence-electron chi connectivity index (χ0n) is 12.9. The highest BCUT2D eigenvalue weighted by atomic mass is 79.9. The molecule has 1 amide bonds. The Kier molecular flexibility index (Phi) is 6.06. The zero-order valence-corrected chi connectivity index (χ0v) is 14.4. The van der Waals surface area contributed by atoms with Gasteiger partial charge in [0.2, 0.25) is 5.91 Å². The Hall–Kier alpha value is -1.07. The Bertz CT molecular complexity index is 492. The zero-order chi connectivity index (χ0) is 15.2. The molecule has 1 saturated heterocycles. The van der Waals surface area contributed by atoms with Crippen LogP contribution in [0.4, 0.5) is 5.69 Å². The van der Waals surface area contributed by atoms with E-state index >= 15 is 0 Å². The molecule has 1 aromatic carbocycles. The van der Waals surface area contributed by atoms with Crippen molar-refractivity contribution in [2.24, 2.45) is 0 Å². The molecule has 1 fully saturated rings. The van der Waals surface area contributed by atoms with Crippen molar-refractivity contribution < 1.29 is 4.79 Å². The monoisotopic (exact) mass is 353 g/mol. The minimum atomic E-state index is 0.180. The van der Waals surface area contributed by atoms with Gasteiger partial charge in [0, 0.05) is 49.8 Å². The maximum Gasteiger partial charge on any atom is 0.219 e.